The molecule has 0 amide bonds. The molecule has 3 nitrogen and oxygen atoms in total. The highest BCUT2D eigenvalue weighted by Crippen LogP contribution is 2.44. The van der Waals surface area contributed by atoms with Gasteiger partial charge in [0.25, 0.3) is 0 Å². The standard InChI is InChI=1S/C20H6Cl4F3NO2/c21-8-5-9(22)13(24)17(12(8)23)28-18-15(26)11-10(14(25)16(18)27)19(29)6-3-1-2-4-7(6)20(11)30/h1-5,28H. The number of rotatable bonds is 2. The second kappa shape index (κ2) is 7.46. The van der Waals surface area contributed by atoms with E-state index in [1.54, 1.807) is 0 Å². The van der Waals surface area contributed by atoms with Crippen molar-refractivity contribution in [1.29, 1.82) is 0 Å². The van der Waals surface area contributed by atoms with Crippen molar-refractivity contribution in [3.05, 3.63) is 90.1 Å². The van der Waals surface area contributed by atoms with E-state index in [2.05, 4.69) is 5.32 Å². The Kier molecular flexibility index (Phi) is 5.22. The number of halogens is 7. The molecule has 4 rings (SSSR count). The highest BCUT2D eigenvalue weighted by molar-refractivity contribution is 6.50. The maximum Gasteiger partial charge on any atom is 0.197 e. The molecular weight excluding hydrogens is 485 g/mol. The van der Waals surface area contributed by atoms with Crippen molar-refractivity contribution in [2.45, 2.75) is 0 Å². The molecular formula is C20H6Cl4F3NO2. The van der Waals surface area contributed by atoms with Crippen LogP contribution < -0.4 is 5.32 Å². The molecule has 0 saturated carbocycles. The Morgan fingerprint density at radius 2 is 1.13 bits per heavy atom. The summed E-state index contributed by atoms with van der Waals surface area (Å²) in [6.07, 6.45) is 0. The van der Waals surface area contributed by atoms with E-state index in [4.69, 9.17) is 46.4 Å². The molecule has 3 aromatic carbocycles. The Morgan fingerprint density at radius 1 is 0.667 bits per heavy atom. The lowest BCUT2D eigenvalue weighted by atomic mass is 9.83. The zero-order chi connectivity index (χ0) is 21.9. The van der Waals surface area contributed by atoms with E-state index < -0.39 is 45.8 Å². The van der Waals surface area contributed by atoms with Crippen LogP contribution in [0.15, 0.2) is 30.3 Å². The Morgan fingerprint density at radius 3 is 1.63 bits per heavy atom. The second-order valence-electron chi connectivity index (χ2n) is 6.24. The molecule has 0 saturated heterocycles. The number of anilines is 2. The zero-order valence-corrected chi connectivity index (χ0v) is 17.4. The molecule has 3 aromatic rings. The maximum absolute atomic E-state index is 15.3. The SMILES string of the molecule is O=C1c2ccccc2C(=O)c2c(F)c(Nc3c(Cl)c(Cl)cc(Cl)c3Cl)c(F)c(F)c21. The van der Waals surface area contributed by atoms with Crippen molar-refractivity contribution in [2.24, 2.45) is 0 Å². The quantitative estimate of drug-likeness (QED) is 0.301. The third kappa shape index (κ3) is 2.98. The summed E-state index contributed by atoms with van der Waals surface area (Å²) in [5, 5.41) is 1.56. The predicted octanol–water partition coefficient (Wildman–Crippen LogP) is 7.24. The number of ketones is 2. The normalized spacial score (nSPS) is 12.6. The first-order chi connectivity index (χ1) is 14.1. The summed E-state index contributed by atoms with van der Waals surface area (Å²) in [6.45, 7) is 0. The number of carbonyl (C=O) groups is 2. The highest BCUT2D eigenvalue weighted by Gasteiger charge is 2.38. The fourth-order valence-corrected chi connectivity index (χ4v) is 4.06. The molecule has 1 N–H and O–H groups in total. The summed E-state index contributed by atoms with van der Waals surface area (Å²) in [4.78, 5) is 25.4. The number of nitrogens with one attached hydrogen (secondary N) is 1. The van der Waals surface area contributed by atoms with Crippen LogP contribution in [0.25, 0.3) is 0 Å². The van der Waals surface area contributed by atoms with Gasteiger partial charge in [-0.05, 0) is 6.07 Å². The minimum atomic E-state index is -1.74. The Hall–Kier alpha value is -2.25. The molecule has 0 radical (unpaired) electrons. The molecule has 1 aliphatic rings. The van der Waals surface area contributed by atoms with Crippen LogP contribution in [0.1, 0.15) is 31.8 Å². The second-order valence-corrected chi connectivity index (χ2v) is 7.81. The van der Waals surface area contributed by atoms with E-state index >= 15 is 4.39 Å². The Balaban J connectivity index is 1.97. The van der Waals surface area contributed by atoms with E-state index in [1.807, 2.05) is 0 Å². The van der Waals surface area contributed by atoms with Crippen LogP contribution in [0.3, 0.4) is 0 Å². The lowest BCUT2D eigenvalue weighted by Gasteiger charge is -2.21. The van der Waals surface area contributed by atoms with Crippen molar-refractivity contribution in [2.75, 3.05) is 5.32 Å². The number of fused-ring (bicyclic) bond motifs is 2. The molecule has 0 aliphatic heterocycles. The van der Waals surface area contributed by atoms with Gasteiger partial charge < -0.3 is 5.32 Å². The third-order valence-corrected chi connectivity index (χ3v) is 6.13. The van der Waals surface area contributed by atoms with Gasteiger partial charge in [-0.2, -0.15) is 0 Å². The van der Waals surface area contributed by atoms with E-state index in [0.29, 0.717) is 0 Å². The van der Waals surface area contributed by atoms with Crippen molar-refractivity contribution in [3.63, 3.8) is 0 Å². The van der Waals surface area contributed by atoms with Crippen molar-refractivity contribution in [1.82, 2.24) is 0 Å². The first kappa shape index (κ1) is 21.0. The molecule has 0 bridgehead atoms. The molecule has 10 heteroatoms. The van der Waals surface area contributed by atoms with Crippen molar-refractivity contribution < 1.29 is 22.8 Å². The van der Waals surface area contributed by atoms with E-state index in [1.165, 1.54) is 30.3 Å². The van der Waals surface area contributed by atoms with Crippen LogP contribution >= 0.6 is 46.4 Å². The van der Waals surface area contributed by atoms with Gasteiger partial charge in [0.05, 0.1) is 36.9 Å². The average molecular weight is 491 g/mol. The first-order valence-corrected chi connectivity index (χ1v) is 9.65. The fraction of sp³-hybridized carbons (Fsp3) is 0. The van der Waals surface area contributed by atoms with E-state index in [-0.39, 0.29) is 36.9 Å². The summed E-state index contributed by atoms with van der Waals surface area (Å²) >= 11 is 23.9. The predicted molar refractivity (Wildman–Crippen MR) is 109 cm³/mol. The summed E-state index contributed by atoms with van der Waals surface area (Å²) in [7, 11) is 0. The molecule has 0 aromatic heterocycles. The average Bonchev–Trinajstić information content (AvgIpc) is 2.72. The van der Waals surface area contributed by atoms with Gasteiger partial charge in [0.15, 0.2) is 29.0 Å². The number of benzene rings is 3. The molecule has 0 fully saturated rings. The maximum atomic E-state index is 15.3. The Bertz CT molecular complexity index is 1270. The van der Waals surface area contributed by atoms with Gasteiger partial charge in [0.2, 0.25) is 0 Å². The molecule has 30 heavy (non-hydrogen) atoms. The summed E-state index contributed by atoms with van der Waals surface area (Å²) in [6, 6.07) is 6.67. The molecule has 0 atom stereocenters. The van der Waals surface area contributed by atoms with Crippen molar-refractivity contribution >= 4 is 69.3 Å². The van der Waals surface area contributed by atoms with Crippen LogP contribution in [-0.4, -0.2) is 11.6 Å². The number of hydrogen-bond acceptors (Lipinski definition) is 3. The largest absolute Gasteiger partial charge is 0.348 e. The molecule has 0 spiro atoms. The minimum Gasteiger partial charge on any atom is -0.348 e. The summed E-state index contributed by atoms with van der Waals surface area (Å²) < 4.78 is 44.9. The lowest BCUT2D eigenvalue weighted by molar-refractivity contribution is 0.0971. The molecule has 1 aliphatic carbocycles. The summed E-state index contributed by atoms with van der Waals surface area (Å²) in [5.74, 6) is -6.90. The monoisotopic (exact) mass is 489 g/mol. The molecule has 0 unspecified atom stereocenters. The van der Waals surface area contributed by atoms with Crippen LogP contribution in [0.4, 0.5) is 24.5 Å². The first-order valence-electron chi connectivity index (χ1n) is 8.14. The third-order valence-electron chi connectivity index (χ3n) is 4.55. The van der Waals surface area contributed by atoms with Gasteiger partial charge in [-0.15, -0.1) is 0 Å². The van der Waals surface area contributed by atoms with Gasteiger partial charge in [0.1, 0.15) is 5.69 Å². The smallest absolute Gasteiger partial charge is 0.197 e. The summed E-state index contributed by atoms with van der Waals surface area (Å²) in [5.41, 5.74) is -3.55. The fourth-order valence-electron chi connectivity index (χ4n) is 3.15. The van der Waals surface area contributed by atoms with Gasteiger partial charge in [0, 0.05) is 11.1 Å². The van der Waals surface area contributed by atoms with Crippen molar-refractivity contribution in [3.8, 4) is 0 Å². The van der Waals surface area contributed by atoms with Crippen LogP contribution in [0, 0.1) is 17.5 Å². The van der Waals surface area contributed by atoms with Crippen LogP contribution in [-0.2, 0) is 0 Å². The van der Waals surface area contributed by atoms with E-state index in [0.717, 1.165) is 0 Å². The Labute approximate surface area is 187 Å². The number of carbonyl (C=O) groups excluding carboxylic acids is 2. The van der Waals surface area contributed by atoms with Crippen LogP contribution in [0.5, 0.6) is 0 Å². The molecule has 0 heterocycles. The topological polar surface area (TPSA) is 46.2 Å². The van der Waals surface area contributed by atoms with Gasteiger partial charge in [-0.1, -0.05) is 70.7 Å². The number of hydrogen-bond donors (Lipinski definition) is 1. The van der Waals surface area contributed by atoms with Gasteiger partial charge >= 0.3 is 0 Å². The minimum absolute atomic E-state index is 0.0898. The highest BCUT2D eigenvalue weighted by atomic mass is 35.5. The zero-order valence-electron chi connectivity index (χ0n) is 14.3. The lowest BCUT2D eigenvalue weighted by Crippen LogP contribution is -2.25. The van der Waals surface area contributed by atoms with Crippen LogP contribution in [0.2, 0.25) is 20.1 Å². The van der Waals surface area contributed by atoms with Gasteiger partial charge in [-0.25, -0.2) is 13.2 Å². The van der Waals surface area contributed by atoms with Gasteiger partial charge in [-0.3, -0.25) is 9.59 Å². The van der Waals surface area contributed by atoms with E-state index in [9.17, 15) is 18.4 Å². The molecule has 152 valence electrons.